The van der Waals surface area contributed by atoms with Crippen molar-refractivity contribution in [3.8, 4) is 0 Å². The first-order chi connectivity index (χ1) is 14.6. The van der Waals surface area contributed by atoms with Crippen LogP contribution in [0.15, 0.2) is 64.5 Å². The van der Waals surface area contributed by atoms with E-state index in [0.717, 1.165) is 24.4 Å². The van der Waals surface area contributed by atoms with Gasteiger partial charge in [0.1, 0.15) is 13.1 Å². The van der Waals surface area contributed by atoms with E-state index < -0.39 is 5.91 Å². The van der Waals surface area contributed by atoms with Crippen molar-refractivity contribution in [3.05, 3.63) is 76.2 Å². The van der Waals surface area contributed by atoms with Gasteiger partial charge in [0, 0.05) is 10.9 Å². The molecule has 0 aliphatic carbocycles. The Morgan fingerprint density at radius 1 is 1.10 bits per heavy atom. The standard InChI is InChI=1S/C22H23N5O3/c1-15(20(16-7-3-2-4-8-16)27-11-13-30-14-12-27)23-26-22(29)19-17-9-5-6-10-18(17)21(28)25-24-19/h2-10,20H,11-14H2,1H3,(H,25,28)(H,26,29)/p+1/b23-15-/t20-/m0/s1. The highest BCUT2D eigenvalue weighted by molar-refractivity contribution is 6.05. The number of carbonyl (C=O) groups is 1. The van der Waals surface area contributed by atoms with E-state index >= 15 is 0 Å². The first kappa shape index (κ1) is 19.9. The summed E-state index contributed by atoms with van der Waals surface area (Å²) in [5, 5.41) is 11.6. The largest absolute Gasteiger partial charge is 0.370 e. The number of fused-ring (bicyclic) bond motifs is 1. The van der Waals surface area contributed by atoms with Crippen LogP contribution in [0.4, 0.5) is 0 Å². The number of nitrogens with zero attached hydrogens (tertiary/aromatic N) is 2. The number of hydrazone groups is 1. The summed E-state index contributed by atoms with van der Waals surface area (Å²) >= 11 is 0. The Morgan fingerprint density at radius 3 is 2.50 bits per heavy atom. The Labute approximate surface area is 173 Å². The van der Waals surface area contributed by atoms with Gasteiger partial charge in [0.25, 0.3) is 11.5 Å². The summed E-state index contributed by atoms with van der Waals surface area (Å²) in [5.41, 5.74) is 4.35. The zero-order valence-corrected chi connectivity index (χ0v) is 16.7. The average molecular weight is 406 g/mol. The number of carbonyl (C=O) groups excluding carboxylic acids is 1. The van der Waals surface area contributed by atoms with Gasteiger partial charge in [-0.05, 0) is 13.0 Å². The second-order valence-corrected chi connectivity index (χ2v) is 7.26. The molecule has 1 aliphatic heterocycles. The number of morpholine rings is 1. The number of quaternary nitrogens is 1. The van der Waals surface area contributed by atoms with Crippen molar-refractivity contribution in [1.82, 2.24) is 15.6 Å². The number of H-pyrrole nitrogens is 1. The minimum Gasteiger partial charge on any atom is -0.370 e. The lowest BCUT2D eigenvalue weighted by Crippen LogP contribution is -3.15. The summed E-state index contributed by atoms with van der Waals surface area (Å²) in [5.74, 6) is -0.467. The molecule has 154 valence electrons. The van der Waals surface area contributed by atoms with E-state index in [-0.39, 0.29) is 17.3 Å². The van der Waals surface area contributed by atoms with E-state index in [1.807, 2.05) is 25.1 Å². The molecule has 1 amide bonds. The Kier molecular flexibility index (Phi) is 5.97. The minimum atomic E-state index is -0.467. The summed E-state index contributed by atoms with van der Waals surface area (Å²) in [4.78, 5) is 26.1. The molecule has 0 unspecified atom stereocenters. The number of nitrogens with one attached hydrogen (secondary N) is 3. The van der Waals surface area contributed by atoms with Gasteiger partial charge in [-0.3, -0.25) is 9.59 Å². The Balaban J connectivity index is 1.61. The van der Waals surface area contributed by atoms with E-state index in [1.54, 1.807) is 24.3 Å². The lowest BCUT2D eigenvalue weighted by Gasteiger charge is -2.31. The van der Waals surface area contributed by atoms with Gasteiger partial charge in [0.2, 0.25) is 0 Å². The van der Waals surface area contributed by atoms with Crippen molar-refractivity contribution in [3.63, 3.8) is 0 Å². The van der Waals surface area contributed by atoms with Gasteiger partial charge in [-0.25, -0.2) is 10.5 Å². The summed E-state index contributed by atoms with van der Waals surface area (Å²) in [6, 6.07) is 17.0. The molecule has 2 heterocycles. The van der Waals surface area contributed by atoms with Gasteiger partial charge >= 0.3 is 0 Å². The monoisotopic (exact) mass is 406 g/mol. The molecule has 3 aromatic rings. The van der Waals surface area contributed by atoms with E-state index in [0.29, 0.717) is 24.0 Å². The molecule has 4 rings (SSSR count). The molecule has 8 heteroatoms. The summed E-state index contributed by atoms with van der Waals surface area (Å²) < 4.78 is 5.50. The van der Waals surface area contributed by atoms with Crippen molar-refractivity contribution in [2.45, 2.75) is 13.0 Å². The first-order valence-corrected chi connectivity index (χ1v) is 9.94. The maximum absolute atomic E-state index is 12.8. The van der Waals surface area contributed by atoms with Crippen LogP contribution in [-0.2, 0) is 4.74 Å². The molecule has 0 saturated carbocycles. The quantitative estimate of drug-likeness (QED) is 0.429. The SMILES string of the molecule is C/C(=N/NC(=O)c1n[nH]c(=O)c2ccccc12)[C@@H](c1ccccc1)[NH+]1CCOCC1. The van der Waals surface area contributed by atoms with Crippen molar-refractivity contribution >= 4 is 22.4 Å². The third-order valence-corrected chi connectivity index (χ3v) is 5.34. The molecule has 1 aromatic heterocycles. The van der Waals surface area contributed by atoms with Crippen LogP contribution >= 0.6 is 0 Å². The predicted molar refractivity (Wildman–Crippen MR) is 114 cm³/mol. The Morgan fingerprint density at radius 2 is 1.77 bits per heavy atom. The fraction of sp³-hybridized carbons (Fsp3) is 0.273. The summed E-state index contributed by atoms with van der Waals surface area (Å²) in [6.45, 7) is 5.05. The van der Waals surface area contributed by atoms with Crippen LogP contribution in [0.2, 0.25) is 0 Å². The molecule has 0 spiro atoms. The molecular weight excluding hydrogens is 382 g/mol. The highest BCUT2D eigenvalue weighted by Gasteiger charge is 2.29. The molecule has 2 aromatic carbocycles. The second-order valence-electron chi connectivity index (χ2n) is 7.26. The third-order valence-electron chi connectivity index (χ3n) is 5.34. The van der Waals surface area contributed by atoms with Crippen LogP contribution < -0.4 is 15.9 Å². The highest BCUT2D eigenvalue weighted by atomic mass is 16.5. The number of rotatable bonds is 5. The molecule has 0 radical (unpaired) electrons. The molecule has 3 N–H and O–H groups in total. The molecule has 30 heavy (non-hydrogen) atoms. The molecule has 0 bridgehead atoms. The number of amides is 1. The fourth-order valence-corrected chi connectivity index (χ4v) is 3.88. The lowest BCUT2D eigenvalue weighted by atomic mass is 10.0. The maximum atomic E-state index is 12.8. The molecule has 1 fully saturated rings. The predicted octanol–water partition coefficient (Wildman–Crippen LogP) is 0.685. The second kappa shape index (κ2) is 8.98. The highest BCUT2D eigenvalue weighted by Crippen LogP contribution is 2.14. The van der Waals surface area contributed by atoms with E-state index in [9.17, 15) is 9.59 Å². The Hall–Kier alpha value is -3.36. The van der Waals surface area contributed by atoms with Crippen LogP contribution in [0.5, 0.6) is 0 Å². The van der Waals surface area contributed by atoms with Crippen molar-refractivity contribution in [2.75, 3.05) is 26.3 Å². The van der Waals surface area contributed by atoms with Crippen molar-refractivity contribution in [2.24, 2.45) is 5.10 Å². The topological polar surface area (TPSA) is 101 Å². The Bertz CT molecular complexity index is 1120. The summed E-state index contributed by atoms with van der Waals surface area (Å²) in [7, 11) is 0. The number of benzene rings is 2. The molecule has 1 aliphatic rings. The van der Waals surface area contributed by atoms with E-state index in [2.05, 4.69) is 32.9 Å². The van der Waals surface area contributed by atoms with Gasteiger partial charge in [0.05, 0.1) is 24.3 Å². The van der Waals surface area contributed by atoms with Crippen LogP contribution in [0.1, 0.15) is 29.0 Å². The van der Waals surface area contributed by atoms with Crippen molar-refractivity contribution in [1.29, 1.82) is 0 Å². The number of aromatic amines is 1. The third kappa shape index (κ3) is 4.14. The zero-order chi connectivity index (χ0) is 20.9. The van der Waals surface area contributed by atoms with Crippen LogP contribution in [0.25, 0.3) is 10.8 Å². The lowest BCUT2D eigenvalue weighted by molar-refractivity contribution is -0.928. The average Bonchev–Trinajstić information content (AvgIpc) is 2.79. The van der Waals surface area contributed by atoms with Gasteiger partial charge < -0.3 is 9.64 Å². The number of aromatic nitrogens is 2. The zero-order valence-electron chi connectivity index (χ0n) is 16.7. The van der Waals surface area contributed by atoms with E-state index in [4.69, 9.17) is 4.74 Å². The van der Waals surface area contributed by atoms with Crippen LogP contribution in [-0.4, -0.2) is 48.1 Å². The fourth-order valence-electron chi connectivity index (χ4n) is 3.88. The maximum Gasteiger partial charge on any atom is 0.292 e. The van der Waals surface area contributed by atoms with Crippen LogP contribution in [0.3, 0.4) is 0 Å². The summed E-state index contributed by atoms with van der Waals surface area (Å²) in [6.07, 6.45) is 0. The van der Waals surface area contributed by atoms with Gasteiger partial charge in [-0.15, -0.1) is 0 Å². The van der Waals surface area contributed by atoms with E-state index in [1.165, 1.54) is 4.90 Å². The molecule has 1 saturated heterocycles. The molecule has 8 nitrogen and oxygen atoms in total. The van der Waals surface area contributed by atoms with Gasteiger partial charge in [0.15, 0.2) is 11.7 Å². The van der Waals surface area contributed by atoms with Crippen molar-refractivity contribution < 1.29 is 14.4 Å². The van der Waals surface area contributed by atoms with Gasteiger partial charge in [-0.2, -0.15) is 10.2 Å². The minimum absolute atomic E-state index is 0.00989. The van der Waals surface area contributed by atoms with Crippen LogP contribution in [0, 0.1) is 0 Å². The number of hydrogen-bond donors (Lipinski definition) is 3. The number of ether oxygens (including phenoxy) is 1. The molecule has 1 atom stereocenters. The smallest absolute Gasteiger partial charge is 0.292 e. The number of hydrogen-bond acceptors (Lipinski definition) is 5. The molecular formula is C22H24N5O3+. The van der Waals surface area contributed by atoms with Gasteiger partial charge in [-0.1, -0.05) is 48.5 Å². The first-order valence-electron chi connectivity index (χ1n) is 9.94. The normalized spacial score (nSPS) is 16.4.